The number of rotatable bonds is 3. The van der Waals surface area contributed by atoms with Crippen LogP contribution in [0.5, 0.6) is 0 Å². The summed E-state index contributed by atoms with van der Waals surface area (Å²) in [6.45, 7) is 2.13. The first kappa shape index (κ1) is 13.6. The summed E-state index contributed by atoms with van der Waals surface area (Å²) in [6.07, 6.45) is 2.48. The largest absolute Gasteiger partial charge is 0.437 e. The summed E-state index contributed by atoms with van der Waals surface area (Å²) in [5, 5.41) is 18.1. The Morgan fingerprint density at radius 1 is 1.59 bits per heavy atom. The molecular weight excluding hydrogens is 252 g/mol. The first-order chi connectivity index (χ1) is 8.17. The summed E-state index contributed by atoms with van der Waals surface area (Å²) in [7, 11) is -2.00. The number of nitriles is 2. The highest BCUT2D eigenvalue weighted by Crippen LogP contribution is 2.16. The van der Waals surface area contributed by atoms with E-state index in [9.17, 15) is 4.79 Å². The van der Waals surface area contributed by atoms with Gasteiger partial charge in [-0.1, -0.05) is 6.04 Å². The number of esters is 1. The molecule has 1 atom stereocenters. The van der Waals surface area contributed by atoms with Gasteiger partial charge in [0.1, 0.15) is 8.31 Å². The van der Waals surface area contributed by atoms with Crippen LogP contribution in [0.15, 0.2) is 11.5 Å². The molecule has 90 valence electrons. The van der Waals surface area contributed by atoms with Gasteiger partial charge in [0.2, 0.25) is 0 Å². The standard InChI is InChI=1S/C10H14N2O3Si2/c1-8(13)15-10(5-9(6-11)7-12)17-4-2-3-14-16-17/h5,9,17H,2-4,16H2,1H3. The van der Waals surface area contributed by atoms with Crippen molar-refractivity contribution in [3.8, 4) is 12.1 Å². The van der Waals surface area contributed by atoms with Gasteiger partial charge in [-0.15, -0.1) is 0 Å². The van der Waals surface area contributed by atoms with E-state index >= 15 is 0 Å². The van der Waals surface area contributed by atoms with Crippen molar-refractivity contribution >= 4 is 23.6 Å². The second-order valence-corrected chi connectivity index (χ2v) is 11.1. The Morgan fingerprint density at radius 2 is 2.29 bits per heavy atom. The predicted octanol–water partition coefficient (Wildman–Crippen LogP) is -0.136. The van der Waals surface area contributed by atoms with Crippen molar-refractivity contribution in [2.45, 2.75) is 19.4 Å². The maximum Gasteiger partial charge on any atom is 0.307 e. The van der Waals surface area contributed by atoms with E-state index in [1.807, 2.05) is 12.1 Å². The lowest BCUT2D eigenvalue weighted by Gasteiger charge is -2.22. The Labute approximate surface area is 104 Å². The fourth-order valence-corrected chi connectivity index (χ4v) is 8.25. The Morgan fingerprint density at radius 3 is 2.76 bits per heavy atom. The van der Waals surface area contributed by atoms with Crippen LogP contribution >= 0.6 is 0 Å². The molecule has 7 heteroatoms. The zero-order chi connectivity index (χ0) is 12.7. The van der Waals surface area contributed by atoms with Crippen molar-refractivity contribution in [3.05, 3.63) is 11.5 Å². The molecule has 0 amide bonds. The molecule has 1 fully saturated rings. The van der Waals surface area contributed by atoms with Gasteiger partial charge in [0.05, 0.1) is 17.5 Å². The van der Waals surface area contributed by atoms with Crippen LogP contribution in [0.3, 0.4) is 0 Å². The molecule has 1 rings (SSSR count). The Balaban J connectivity index is 2.82. The van der Waals surface area contributed by atoms with E-state index in [2.05, 4.69) is 0 Å². The monoisotopic (exact) mass is 266 g/mol. The van der Waals surface area contributed by atoms with Crippen LogP contribution in [0.25, 0.3) is 0 Å². The molecule has 0 aromatic heterocycles. The van der Waals surface area contributed by atoms with Crippen molar-refractivity contribution < 1.29 is 14.0 Å². The zero-order valence-corrected chi connectivity index (χ0v) is 12.2. The number of carbonyl (C=O) groups excluding carboxylic acids is 1. The first-order valence-corrected chi connectivity index (χ1v) is 10.7. The summed E-state index contributed by atoms with van der Waals surface area (Å²) in [5.74, 6) is -1.23. The van der Waals surface area contributed by atoms with Gasteiger partial charge in [-0.3, -0.25) is 4.79 Å². The maximum absolute atomic E-state index is 11.0. The van der Waals surface area contributed by atoms with Gasteiger partial charge in [-0.2, -0.15) is 10.5 Å². The molecule has 1 heterocycles. The molecule has 0 aromatic rings. The van der Waals surface area contributed by atoms with Crippen LogP contribution in [-0.2, 0) is 14.0 Å². The molecule has 0 aliphatic carbocycles. The van der Waals surface area contributed by atoms with E-state index in [-0.39, 0.29) is 0 Å². The fraction of sp³-hybridized carbons (Fsp3) is 0.500. The van der Waals surface area contributed by atoms with Crippen molar-refractivity contribution in [1.82, 2.24) is 0 Å². The molecule has 1 unspecified atom stereocenters. The lowest BCUT2D eigenvalue weighted by atomic mass is 10.2. The maximum atomic E-state index is 11.0. The van der Waals surface area contributed by atoms with Crippen molar-refractivity contribution in [1.29, 1.82) is 10.5 Å². The van der Waals surface area contributed by atoms with Gasteiger partial charge in [0.15, 0.2) is 15.2 Å². The molecule has 5 nitrogen and oxygen atoms in total. The first-order valence-electron chi connectivity index (χ1n) is 5.44. The third kappa shape index (κ3) is 4.53. The van der Waals surface area contributed by atoms with Crippen LogP contribution in [0.2, 0.25) is 6.04 Å². The fourth-order valence-electron chi connectivity index (χ4n) is 1.65. The normalized spacial score (nSPS) is 21.9. The molecule has 0 bridgehead atoms. The third-order valence-corrected chi connectivity index (χ3v) is 9.93. The molecule has 0 N–H and O–H groups in total. The molecule has 0 radical (unpaired) electrons. The number of hydrogen-bond acceptors (Lipinski definition) is 5. The van der Waals surface area contributed by atoms with Crippen molar-refractivity contribution in [2.24, 2.45) is 5.92 Å². The Hall–Kier alpha value is -1.42. The zero-order valence-electron chi connectivity index (χ0n) is 9.68. The summed E-state index contributed by atoms with van der Waals surface area (Å²) >= 11 is 0. The average Bonchev–Trinajstić information content (AvgIpc) is 2.35. The van der Waals surface area contributed by atoms with Gasteiger partial charge in [0.25, 0.3) is 0 Å². The summed E-state index contributed by atoms with van der Waals surface area (Å²) in [6, 6.07) is 4.76. The van der Waals surface area contributed by atoms with Crippen LogP contribution in [0.1, 0.15) is 13.3 Å². The number of hydrogen-bond donors (Lipinski definition) is 0. The van der Waals surface area contributed by atoms with Crippen LogP contribution in [0.4, 0.5) is 0 Å². The van der Waals surface area contributed by atoms with Crippen LogP contribution in [0, 0.1) is 28.6 Å². The predicted molar refractivity (Wildman–Crippen MR) is 65.6 cm³/mol. The molecule has 1 aliphatic rings. The van der Waals surface area contributed by atoms with Gasteiger partial charge in [-0.25, -0.2) is 0 Å². The van der Waals surface area contributed by atoms with Crippen molar-refractivity contribution in [2.75, 3.05) is 6.61 Å². The lowest BCUT2D eigenvalue weighted by molar-refractivity contribution is -0.136. The van der Waals surface area contributed by atoms with E-state index in [0.717, 1.165) is 19.1 Å². The van der Waals surface area contributed by atoms with Crippen LogP contribution in [-0.4, -0.2) is 30.2 Å². The Bertz CT molecular complexity index is 377. The van der Waals surface area contributed by atoms with Gasteiger partial charge >= 0.3 is 5.97 Å². The molecule has 0 spiro atoms. The summed E-state index contributed by atoms with van der Waals surface area (Å²) < 4.78 is 10.7. The van der Waals surface area contributed by atoms with Gasteiger partial charge in [-0.05, 0) is 12.5 Å². The van der Waals surface area contributed by atoms with Crippen molar-refractivity contribution in [3.63, 3.8) is 0 Å². The van der Waals surface area contributed by atoms with E-state index in [0.29, 0.717) is 5.38 Å². The van der Waals surface area contributed by atoms with Gasteiger partial charge in [0, 0.05) is 13.5 Å². The summed E-state index contributed by atoms with van der Waals surface area (Å²) in [4.78, 5) is 11.0. The highest BCUT2D eigenvalue weighted by atomic mass is 29.2. The highest BCUT2D eigenvalue weighted by Gasteiger charge is 2.24. The number of carbonyl (C=O) groups is 1. The topological polar surface area (TPSA) is 83.1 Å². The molecule has 1 saturated heterocycles. The Kier molecular flexibility index (Phi) is 5.63. The lowest BCUT2D eigenvalue weighted by Crippen LogP contribution is -2.34. The number of ether oxygens (including phenoxy) is 1. The number of nitrogens with zero attached hydrogens (tertiary/aromatic N) is 2. The van der Waals surface area contributed by atoms with E-state index in [1.54, 1.807) is 0 Å². The SMILES string of the molecule is CC(=O)OC(=CC(C#N)C#N)[SiH]1CCCO[SiH2]1. The van der Waals surface area contributed by atoms with Gasteiger partial charge < -0.3 is 9.16 Å². The highest BCUT2D eigenvalue weighted by molar-refractivity contribution is 7.13. The van der Waals surface area contributed by atoms with E-state index in [4.69, 9.17) is 19.7 Å². The van der Waals surface area contributed by atoms with E-state index in [1.165, 1.54) is 13.0 Å². The second-order valence-electron chi connectivity index (χ2n) is 3.81. The minimum absolute atomic E-state index is 0.391. The molecule has 0 saturated carbocycles. The quantitative estimate of drug-likeness (QED) is 0.403. The molecular formula is C10H14N2O3Si2. The molecule has 1 aliphatic heterocycles. The van der Waals surface area contributed by atoms with E-state index < -0.39 is 29.5 Å². The van der Waals surface area contributed by atoms with Crippen LogP contribution < -0.4 is 0 Å². The second kappa shape index (κ2) is 7.02. The minimum atomic E-state index is -1.35. The number of allylic oxidation sites excluding steroid dienone is 1. The third-order valence-electron chi connectivity index (χ3n) is 2.43. The summed E-state index contributed by atoms with van der Waals surface area (Å²) in [5.41, 5.74) is 0. The molecule has 17 heavy (non-hydrogen) atoms. The molecule has 0 aromatic carbocycles. The smallest absolute Gasteiger partial charge is 0.307 e. The average molecular weight is 266 g/mol. The minimum Gasteiger partial charge on any atom is -0.437 e.